The Bertz CT molecular complexity index is 586. The van der Waals surface area contributed by atoms with E-state index >= 15 is 0 Å². The molecule has 0 N–H and O–H groups in total. The van der Waals surface area contributed by atoms with Gasteiger partial charge in [0.05, 0.1) is 17.9 Å². The van der Waals surface area contributed by atoms with E-state index in [9.17, 15) is 0 Å². The van der Waals surface area contributed by atoms with Crippen LogP contribution in [0.15, 0.2) is 48.8 Å². The fourth-order valence-corrected chi connectivity index (χ4v) is 1.50. The molecule has 0 spiro atoms. The standard InChI is InChI=1S/C11H8N4/c1-2-4-10-9(3-1)5-6-11(14-10)15-12-7-8-13-15/h1-8H. The molecule has 0 unspecified atom stereocenters. The number of para-hydroxylation sites is 1. The smallest absolute Gasteiger partial charge is 0.174 e. The van der Waals surface area contributed by atoms with Crippen molar-refractivity contribution in [3.8, 4) is 5.82 Å². The summed E-state index contributed by atoms with van der Waals surface area (Å²) in [5, 5.41) is 9.19. The van der Waals surface area contributed by atoms with Gasteiger partial charge < -0.3 is 0 Å². The van der Waals surface area contributed by atoms with E-state index in [4.69, 9.17) is 0 Å². The average molecular weight is 196 g/mol. The largest absolute Gasteiger partial charge is 0.227 e. The first-order chi connectivity index (χ1) is 7.43. The van der Waals surface area contributed by atoms with Gasteiger partial charge in [0.2, 0.25) is 0 Å². The summed E-state index contributed by atoms with van der Waals surface area (Å²) in [5.74, 6) is 0.735. The van der Waals surface area contributed by atoms with Crippen LogP contribution in [0.5, 0.6) is 0 Å². The topological polar surface area (TPSA) is 43.6 Å². The van der Waals surface area contributed by atoms with E-state index in [1.807, 2.05) is 36.4 Å². The first kappa shape index (κ1) is 8.11. The van der Waals surface area contributed by atoms with Gasteiger partial charge in [0.25, 0.3) is 0 Å². The summed E-state index contributed by atoms with van der Waals surface area (Å²) in [6.45, 7) is 0. The third-order valence-electron chi connectivity index (χ3n) is 2.21. The second kappa shape index (κ2) is 3.16. The van der Waals surface area contributed by atoms with Gasteiger partial charge >= 0.3 is 0 Å². The van der Waals surface area contributed by atoms with E-state index in [1.54, 1.807) is 12.4 Å². The molecule has 0 radical (unpaired) electrons. The van der Waals surface area contributed by atoms with Crippen molar-refractivity contribution in [2.45, 2.75) is 0 Å². The molecule has 0 saturated carbocycles. The van der Waals surface area contributed by atoms with Gasteiger partial charge in [-0.05, 0) is 18.2 Å². The fraction of sp³-hybridized carbons (Fsp3) is 0. The molecule has 3 rings (SSSR count). The number of benzene rings is 1. The quantitative estimate of drug-likeness (QED) is 0.596. The molecular formula is C11H8N4. The van der Waals surface area contributed by atoms with Gasteiger partial charge in [-0.3, -0.25) is 0 Å². The zero-order chi connectivity index (χ0) is 10.1. The van der Waals surface area contributed by atoms with Crippen LogP contribution in [0, 0.1) is 0 Å². The summed E-state index contributed by atoms with van der Waals surface area (Å²) in [6, 6.07) is 11.9. The van der Waals surface area contributed by atoms with Crippen LogP contribution in [0.25, 0.3) is 16.7 Å². The molecule has 15 heavy (non-hydrogen) atoms. The summed E-state index contributed by atoms with van der Waals surface area (Å²) in [4.78, 5) is 5.96. The summed E-state index contributed by atoms with van der Waals surface area (Å²) < 4.78 is 0. The molecule has 0 aliphatic carbocycles. The van der Waals surface area contributed by atoms with Crippen LogP contribution in [0.3, 0.4) is 0 Å². The number of nitrogens with zero attached hydrogens (tertiary/aromatic N) is 4. The van der Waals surface area contributed by atoms with Gasteiger partial charge in [-0.2, -0.15) is 10.2 Å². The van der Waals surface area contributed by atoms with Gasteiger partial charge in [0, 0.05) is 5.39 Å². The molecule has 4 nitrogen and oxygen atoms in total. The van der Waals surface area contributed by atoms with Crippen LogP contribution in [-0.2, 0) is 0 Å². The molecule has 0 bridgehead atoms. The van der Waals surface area contributed by atoms with Crippen molar-refractivity contribution >= 4 is 10.9 Å². The first-order valence-electron chi connectivity index (χ1n) is 4.66. The van der Waals surface area contributed by atoms with Gasteiger partial charge in [0.15, 0.2) is 5.82 Å². The van der Waals surface area contributed by atoms with Crippen LogP contribution >= 0.6 is 0 Å². The third-order valence-corrected chi connectivity index (χ3v) is 2.21. The van der Waals surface area contributed by atoms with Crippen molar-refractivity contribution in [3.05, 3.63) is 48.8 Å². The molecule has 2 heterocycles. The number of hydrogen-bond acceptors (Lipinski definition) is 3. The zero-order valence-corrected chi connectivity index (χ0v) is 7.91. The van der Waals surface area contributed by atoms with Crippen molar-refractivity contribution < 1.29 is 0 Å². The van der Waals surface area contributed by atoms with Crippen molar-refractivity contribution in [2.75, 3.05) is 0 Å². The zero-order valence-electron chi connectivity index (χ0n) is 7.91. The van der Waals surface area contributed by atoms with Crippen LogP contribution in [0.4, 0.5) is 0 Å². The SMILES string of the molecule is c1ccc2nc(-n3nccn3)ccc2c1. The molecule has 0 amide bonds. The highest BCUT2D eigenvalue weighted by Crippen LogP contribution is 2.12. The van der Waals surface area contributed by atoms with Crippen molar-refractivity contribution in [3.63, 3.8) is 0 Å². The molecule has 0 saturated heterocycles. The predicted octanol–water partition coefficient (Wildman–Crippen LogP) is 1.82. The maximum atomic E-state index is 4.46. The number of aromatic nitrogens is 4. The van der Waals surface area contributed by atoms with Crippen molar-refractivity contribution in [2.24, 2.45) is 0 Å². The number of pyridine rings is 1. The molecule has 2 aromatic heterocycles. The third kappa shape index (κ3) is 1.36. The number of fused-ring (bicyclic) bond motifs is 1. The lowest BCUT2D eigenvalue weighted by Crippen LogP contribution is -2.00. The summed E-state index contributed by atoms with van der Waals surface area (Å²) in [5.41, 5.74) is 0.951. The van der Waals surface area contributed by atoms with Gasteiger partial charge in [-0.1, -0.05) is 18.2 Å². The molecule has 0 aliphatic rings. The Morgan fingerprint density at radius 1 is 0.867 bits per heavy atom. The molecule has 1 aromatic carbocycles. The van der Waals surface area contributed by atoms with Crippen molar-refractivity contribution in [1.29, 1.82) is 0 Å². The summed E-state index contributed by atoms with van der Waals surface area (Å²) >= 11 is 0. The summed E-state index contributed by atoms with van der Waals surface area (Å²) in [6.07, 6.45) is 3.27. The Morgan fingerprint density at radius 2 is 1.67 bits per heavy atom. The van der Waals surface area contributed by atoms with Gasteiger partial charge in [-0.15, -0.1) is 4.80 Å². The minimum absolute atomic E-state index is 0.735. The van der Waals surface area contributed by atoms with Crippen LogP contribution in [0.2, 0.25) is 0 Å². The maximum Gasteiger partial charge on any atom is 0.174 e. The van der Waals surface area contributed by atoms with E-state index in [1.165, 1.54) is 4.80 Å². The van der Waals surface area contributed by atoms with Gasteiger partial charge in [0.1, 0.15) is 0 Å². The Kier molecular flexibility index (Phi) is 1.71. The predicted molar refractivity (Wildman–Crippen MR) is 56.7 cm³/mol. The second-order valence-corrected chi connectivity index (χ2v) is 3.18. The number of hydrogen-bond donors (Lipinski definition) is 0. The fourth-order valence-electron chi connectivity index (χ4n) is 1.50. The van der Waals surface area contributed by atoms with E-state index in [2.05, 4.69) is 15.2 Å². The Labute approximate surface area is 86.2 Å². The lowest BCUT2D eigenvalue weighted by molar-refractivity contribution is 0.733. The lowest BCUT2D eigenvalue weighted by Gasteiger charge is -2.00. The highest BCUT2D eigenvalue weighted by Gasteiger charge is 2.00. The van der Waals surface area contributed by atoms with Crippen LogP contribution in [-0.4, -0.2) is 20.0 Å². The van der Waals surface area contributed by atoms with E-state index in [0.717, 1.165) is 16.7 Å². The van der Waals surface area contributed by atoms with Gasteiger partial charge in [-0.25, -0.2) is 4.98 Å². The molecule has 0 fully saturated rings. The molecule has 72 valence electrons. The minimum atomic E-state index is 0.735. The molecule has 4 heteroatoms. The molecule has 0 atom stereocenters. The maximum absolute atomic E-state index is 4.46. The highest BCUT2D eigenvalue weighted by atomic mass is 15.5. The number of rotatable bonds is 1. The Morgan fingerprint density at radius 3 is 2.53 bits per heavy atom. The van der Waals surface area contributed by atoms with E-state index in [-0.39, 0.29) is 0 Å². The first-order valence-corrected chi connectivity index (χ1v) is 4.66. The molecule has 0 aliphatic heterocycles. The Hall–Kier alpha value is -2.23. The second-order valence-electron chi connectivity index (χ2n) is 3.18. The van der Waals surface area contributed by atoms with E-state index < -0.39 is 0 Å². The lowest BCUT2D eigenvalue weighted by atomic mass is 10.2. The van der Waals surface area contributed by atoms with Crippen molar-refractivity contribution in [1.82, 2.24) is 20.0 Å². The molecular weight excluding hydrogens is 188 g/mol. The van der Waals surface area contributed by atoms with E-state index in [0.29, 0.717) is 0 Å². The summed E-state index contributed by atoms with van der Waals surface area (Å²) in [7, 11) is 0. The highest BCUT2D eigenvalue weighted by molar-refractivity contribution is 5.79. The Balaban J connectivity index is 2.22. The minimum Gasteiger partial charge on any atom is -0.227 e. The van der Waals surface area contributed by atoms with Crippen LogP contribution in [0.1, 0.15) is 0 Å². The van der Waals surface area contributed by atoms with Crippen LogP contribution < -0.4 is 0 Å². The monoisotopic (exact) mass is 196 g/mol. The average Bonchev–Trinajstić information content (AvgIpc) is 2.82. The molecule has 3 aromatic rings. The normalized spacial score (nSPS) is 10.7.